The average molecular weight is 464 g/mol. The van der Waals surface area contributed by atoms with Crippen LogP contribution in [0.1, 0.15) is 16.1 Å². The van der Waals surface area contributed by atoms with E-state index in [4.69, 9.17) is 23.2 Å². The molecule has 0 aliphatic carbocycles. The second-order valence-electron chi connectivity index (χ2n) is 6.33. The lowest BCUT2D eigenvalue weighted by Gasteiger charge is -2.10. The predicted octanol–water partition coefficient (Wildman–Crippen LogP) is 4.63. The van der Waals surface area contributed by atoms with E-state index < -0.39 is 12.5 Å². The van der Waals surface area contributed by atoms with Crippen LogP contribution in [0.5, 0.6) is 5.75 Å². The normalized spacial score (nSPS) is 11.1. The third-order valence-corrected chi connectivity index (χ3v) is 4.94. The standard InChI is InChI=1S/C20H13Cl2F2N5O2/c21-13-3-6-15(22)12(7-13)8-26-19(30)16-9-25-10-17-27-28-18(29(16)17)11-1-4-14(5-2-11)31-20(23)24/h1-7,9-10,20H,8H2,(H,26,30). The minimum Gasteiger partial charge on any atom is -0.435 e. The Kier molecular flexibility index (Phi) is 5.97. The molecule has 0 atom stereocenters. The van der Waals surface area contributed by atoms with Gasteiger partial charge in [0.2, 0.25) is 0 Å². The summed E-state index contributed by atoms with van der Waals surface area (Å²) in [5.74, 6) is -0.0922. The fourth-order valence-electron chi connectivity index (χ4n) is 2.93. The zero-order valence-electron chi connectivity index (χ0n) is 15.6. The van der Waals surface area contributed by atoms with Gasteiger partial charge in [0, 0.05) is 22.2 Å². The summed E-state index contributed by atoms with van der Waals surface area (Å²) in [5, 5.41) is 11.9. The van der Waals surface area contributed by atoms with Gasteiger partial charge < -0.3 is 10.1 Å². The highest BCUT2D eigenvalue weighted by atomic mass is 35.5. The molecule has 2 heterocycles. The molecular weight excluding hydrogens is 451 g/mol. The van der Waals surface area contributed by atoms with Gasteiger partial charge in [-0.15, -0.1) is 10.2 Å². The Morgan fingerprint density at radius 2 is 1.87 bits per heavy atom. The Balaban J connectivity index is 1.63. The van der Waals surface area contributed by atoms with Crippen molar-refractivity contribution in [3.8, 4) is 17.1 Å². The van der Waals surface area contributed by atoms with Crippen LogP contribution in [0.4, 0.5) is 8.78 Å². The van der Waals surface area contributed by atoms with E-state index >= 15 is 0 Å². The summed E-state index contributed by atoms with van der Waals surface area (Å²) in [4.78, 5) is 16.9. The van der Waals surface area contributed by atoms with Gasteiger partial charge in [-0.1, -0.05) is 23.2 Å². The Hall–Kier alpha value is -3.30. The minimum absolute atomic E-state index is 0.00519. The molecule has 0 saturated carbocycles. The highest BCUT2D eigenvalue weighted by Crippen LogP contribution is 2.24. The van der Waals surface area contributed by atoms with Crippen LogP contribution in [0.25, 0.3) is 17.0 Å². The molecular formula is C20H13Cl2F2N5O2. The van der Waals surface area contributed by atoms with Gasteiger partial charge in [0.1, 0.15) is 11.4 Å². The van der Waals surface area contributed by atoms with E-state index in [1.807, 2.05) is 0 Å². The van der Waals surface area contributed by atoms with Gasteiger partial charge in [0.15, 0.2) is 11.5 Å². The van der Waals surface area contributed by atoms with E-state index in [0.717, 1.165) is 0 Å². The first kappa shape index (κ1) is 21.0. The number of hydrogen-bond donors (Lipinski definition) is 1. The van der Waals surface area contributed by atoms with Crippen LogP contribution >= 0.6 is 23.2 Å². The molecule has 0 unspecified atom stereocenters. The van der Waals surface area contributed by atoms with E-state index in [2.05, 4.69) is 25.2 Å². The Bertz CT molecular complexity index is 1250. The van der Waals surface area contributed by atoms with Crippen molar-refractivity contribution in [1.29, 1.82) is 0 Å². The van der Waals surface area contributed by atoms with Crippen LogP contribution in [0.2, 0.25) is 10.0 Å². The molecule has 11 heteroatoms. The topological polar surface area (TPSA) is 81.4 Å². The molecule has 0 bridgehead atoms. The molecule has 1 amide bonds. The van der Waals surface area contributed by atoms with Crippen molar-refractivity contribution >= 4 is 34.8 Å². The maximum Gasteiger partial charge on any atom is 0.387 e. The predicted molar refractivity (Wildman–Crippen MR) is 110 cm³/mol. The first-order valence-corrected chi connectivity index (χ1v) is 9.64. The SMILES string of the molecule is O=C(NCc1cc(Cl)ccc1Cl)c1cncc2nnc(-c3ccc(OC(F)F)cc3)n12. The summed E-state index contributed by atoms with van der Waals surface area (Å²) in [5.41, 5.74) is 1.73. The molecule has 2 aromatic heterocycles. The van der Waals surface area contributed by atoms with E-state index in [-0.39, 0.29) is 18.0 Å². The smallest absolute Gasteiger partial charge is 0.387 e. The fourth-order valence-corrected chi connectivity index (χ4v) is 3.31. The quantitative estimate of drug-likeness (QED) is 0.450. The number of alkyl halides is 2. The molecule has 4 rings (SSSR count). The van der Waals surface area contributed by atoms with Crippen molar-refractivity contribution in [1.82, 2.24) is 24.9 Å². The number of carbonyl (C=O) groups is 1. The third-order valence-electron chi connectivity index (χ3n) is 4.33. The number of nitrogens with one attached hydrogen (secondary N) is 1. The maximum absolute atomic E-state index is 12.9. The number of carbonyl (C=O) groups excluding carboxylic acids is 1. The van der Waals surface area contributed by atoms with Crippen LogP contribution in [-0.4, -0.2) is 32.1 Å². The molecule has 4 aromatic rings. The van der Waals surface area contributed by atoms with Crippen molar-refractivity contribution in [3.63, 3.8) is 0 Å². The zero-order chi connectivity index (χ0) is 22.0. The van der Waals surface area contributed by atoms with Crippen molar-refractivity contribution in [2.75, 3.05) is 0 Å². The molecule has 0 spiro atoms. The summed E-state index contributed by atoms with van der Waals surface area (Å²) in [6.45, 7) is -2.78. The van der Waals surface area contributed by atoms with Gasteiger partial charge in [-0.05, 0) is 48.0 Å². The van der Waals surface area contributed by atoms with Crippen LogP contribution < -0.4 is 10.1 Å². The Morgan fingerprint density at radius 1 is 1.10 bits per heavy atom. The van der Waals surface area contributed by atoms with E-state index in [9.17, 15) is 13.6 Å². The van der Waals surface area contributed by atoms with Crippen molar-refractivity contribution in [3.05, 3.63) is 76.2 Å². The van der Waals surface area contributed by atoms with E-state index in [1.165, 1.54) is 28.9 Å². The van der Waals surface area contributed by atoms with Crippen molar-refractivity contribution in [2.45, 2.75) is 13.2 Å². The van der Waals surface area contributed by atoms with Crippen LogP contribution in [0, 0.1) is 0 Å². The van der Waals surface area contributed by atoms with Gasteiger partial charge in [0.05, 0.1) is 12.4 Å². The second kappa shape index (κ2) is 8.83. The van der Waals surface area contributed by atoms with Gasteiger partial charge in [-0.25, -0.2) is 0 Å². The van der Waals surface area contributed by atoms with Gasteiger partial charge in [0.25, 0.3) is 5.91 Å². The molecule has 2 aromatic carbocycles. The van der Waals surface area contributed by atoms with Crippen molar-refractivity contribution in [2.24, 2.45) is 0 Å². The monoisotopic (exact) mass is 463 g/mol. The largest absolute Gasteiger partial charge is 0.435 e. The van der Waals surface area contributed by atoms with Gasteiger partial charge in [-0.3, -0.25) is 14.2 Å². The molecule has 0 aliphatic rings. The van der Waals surface area contributed by atoms with Crippen LogP contribution in [0.15, 0.2) is 54.9 Å². The molecule has 0 aliphatic heterocycles. The second-order valence-corrected chi connectivity index (χ2v) is 7.17. The maximum atomic E-state index is 12.9. The molecule has 0 fully saturated rings. The highest BCUT2D eigenvalue weighted by Gasteiger charge is 2.17. The van der Waals surface area contributed by atoms with Crippen molar-refractivity contribution < 1.29 is 18.3 Å². The number of fused-ring (bicyclic) bond motifs is 1. The number of nitrogens with zero attached hydrogens (tertiary/aromatic N) is 4. The molecule has 1 N–H and O–H groups in total. The lowest BCUT2D eigenvalue weighted by molar-refractivity contribution is -0.0498. The number of ether oxygens (including phenoxy) is 1. The highest BCUT2D eigenvalue weighted by molar-refractivity contribution is 6.33. The lowest BCUT2D eigenvalue weighted by atomic mass is 10.2. The molecule has 158 valence electrons. The molecule has 31 heavy (non-hydrogen) atoms. The number of hydrogen-bond acceptors (Lipinski definition) is 5. The number of halogens is 4. The van der Waals surface area contributed by atoms with Crippen LogP contribution in [-0.2, 0) is 6.54 Å². The fraction of sp³-hybridized carbons (Fsp3) is 0.100. The van der Waals surface area contributed by atoms with Gasteiger partial charge >= 0.3 is 6.61 Å². The zero-order valence-corrected chi connectivity index (χ0v) is 17.1. The van der Waals surface area contributed by atoms with Gasteiger partial charge in [-0.2, -0.15) is 8.78 Å². The number of amides is 1. The van der Waals surface area contributed by atoms with Crippen LogP contribution in [0.3, 0.4) is 0 Å². The molecule has 7 nitrogen and oxygen atoms in total. The summed E-state index contributed by atoms with van der Waals surface area (Å²) in [7, 11) is 0. The first-order valence-electron chi connectivity index (χ1n) is 8.89. The summed E-state index contributed by atoms with van der Waals surface area (Å²) in [6, 6.07) is 10.8. The lowest BCUT2D eigenvalue weighted by Crippen LogP contribution is -2.25. The first-order chi connectivity index (χ1) is 14.9. The molecule has 0 radical (unpaired) electrons. The summed E-state index contributed by atoms with van der Waals surface area (Å²) >= 11 is 12.1. The number of aromatic nitrogens is 4. The number of rotatable bonds is 6. The summed E-state index contributed by atoms with van der Waals surface area (Å²) < 4.78 is 30.6. The third kappa shape index (κ3) is 4.57. The Morgan fingerprint density at radius 3 is 2.61 bits per heavy atom. The minimum atomic E-state index is -2.92. The number of benzene rings is 2. The Labute approximate surface area is 184 Å². The summed E-state index contributed by atoms with van der Waals surface area (Å²) in [6.07, 6.45) is 2.83. The van der Waals surface area contributed by atoms with E-state index in [0.29, 0.717) is 32.6 Å². The average Bonchev–Trinajstić information content (AvgIpc) is 3.18. The van der Waals surface area contributed by atoms with E-state index in [1.54, 1.807) is 30.3 Å². The molecule has 0 saturated heterocycles.